The van der Waals surface area contributed by atoms with Gasteiger partial charge in [0, 0.05) is 19.3 Å². The molecule has 0 spiro atoms. The number of amides is 3. The number of nitrogens with one attached hydrogen (secondary N) is 2. The van der Waals surface area contributed by atoms with E-state index in [-0.39, 0.29) is 0 Å². The van der Waals surface area contributed by atoms with Gasteiger partial charge in [0.1, 0.15) is 11.5 Å². The zero-order valence-electron chi connectivity index (χ0n) is 17.6. The third-order valence-corrected chi connectivity index (χ3v) is 4.82. The number of likely N-dealkylation sites (N-methyl/N-ethyl adjacent to an activating group) is 1. The van der Waals surface area contributed by atoms with Crippen LogP contribution in [0.15, 0.2) is 60.8 Å². The Morgan fingerprint density at radius 3 is 2.53 bits per heavy atom. The van der Waals surface area contributed by atoms with Crippen LogP contribution in [0.2, 0.25) is 0 Å². The molecule has 0 saturated carbocycles. The van der Waals surface area contributed by atoms with Crippen LogP contribution in [0.1, 0.15) is 23.6 Å². The smallest absolute Gasteiger partial charge is 0.316 e. The molecule has 1 heterocycles. The van der Waals surface area contributed by atoms with Crippen molar-refractivity contribution < 1.29 is 29.0 Å². The van der Waals surface area contributed by atoms with Gasteiger partial charge in [-0.3, -0.25) is 14.4 Å². The molecular formula is C23H23N3O6. The summed E-state index contributed by atoms with van der Waals surface area (Å²) in [6.07, 6.45) is 2.09. The number of aliphatic carboxylic acids is 1. The minimum absolute atomic E-state index is 0.409. The van der Waals surface area contributed by atoms with E-state index in [4.69, 9.17) is 4.74 Å². The van der Waals surface area contributed by atoms with Crippen molar-refractivity contribution in [1.82, 2.24) is 15.5 Å². The van der Waals surface area contributed by atoms with E-state index in [1.54, 1.807) is 24.3 Å². The Hall–Kier alpha value is -4.14. The van der Waals surface area contributed by atoms with Crippen LogP contribution in [-0.2, 0) is 14.4 Å². The number of hydrogen-bond donors (Lipinski definition) is 3. The number of rotatable bonds is 7. The predicted octanol–water partition coefficient (Wildman–Crippen LogP) is 2.53. The van der Waals surface area contributed by atoms with E-state index in [1.807, 2.05) is 31.2 Å². The van der Waals surface area contributed by atoms with Gasteiger partial charge in [-0.15, -0.1) is 0 Å². The monoisotopic (exact) mass is 437 g/mol. The average molecular weight is 437 g/mol. The molecule has 2 aromatic rings. The quantitative estimate of drug-likeness (QED) is 0.572. The summed E-state index contributed by atoms with van der Waals surface area (Å²) in [6.45, 7) is 1.96. The molecule has 1 aliphatic heterocycles. The Bertz CT molecular complexity index is 1060. The van der Waals surface area contributed by atoms with E-state index in [0.29, 0.717) is 17.1 Å². The lowest BCUT2D eigenvalue weighted by Gasteiger charge is -2.25. The summed E-state index contributed by atoms with van der Waals surface area (Å²) in [7, 11) is 1.46. The van der Waals surface area contributed by atoms with Crippen molar-refractivity contribution in [3.05, 3.63) is 71.9 Å². The SMILES string of the molecule is Cc1ccc(Oc2cccc(C(CC(=O)O)NC(=O)NC3C(=O)C=CN(C)C3=O)c2)cc1. The highest BCUT2D eigenvalue weighted by atomic mass is 16.5. The number of carboxylic acids is 1. The maximum Gasteiger partial charge on any atom is 0.316 e. The molecule has 0 bridgehead atoms. The number of urea groups is 1. The molecule has 3 amide bonds. The predicted molar refractivity (Wildman–Crippen MR) is 115 cm³/mol. The highest BCUT2D eigenvalue weighted by molar-refractivity contribution is 6.14. The van der Waals surface area contributed by atoms with Crippen LogP contribution in [0.5, 0.6) is 11.5 Å². The summed E-state index contributed by atoms with van der Waals surface area (Å²) in [5.74, 6) is -1.21. The lowest BCUT2D eigenvalue weighted by atomic mass is 10.0. The first-order valence-electron chi connectivity index (χ1n) is 9.85. The van der Waals surface area contributed by atoms with Crippen LogP contribution < -0.4 is 15.4 Å². The molecule has 0 aliphatic carbocycles. The molecule has 1 aliphatic rings. The lowest BCUT2D eigenvalue weighted by molar-refractivity contribution is -0.138. The summed E-state index contributed by atoms with van der Waals surface area (Å²) >= 11 is 0. The third-order valence-electron chi connectivity index (χ3n) is 4.82. The van der Waals surface area contributed by atoms with Gasteiger partial charge in [-0.2, -0.15) is 0 Å². The van der Waals surface area contributed by atoms with Crippen molar-refractivity contribution in [2.24, 2.45) is 0 Å². The molecule has 166 valence electrons. The first-order valence-corrected chi connectivity index (χ1v) is 9.85. The largest absolute Gasteiger partial charge is 0.481 e. The highest BCUT2D eigenvalue weighted by Gasteiger charge is 2.32. The fourth-order valence-corrected chi connectivity index (χ4v) is 3.11. The van der Waals surface area contributed by atoms with E-state index in [1.165, 1.54) is 24.2 Å². The Morgan fingerprint density at radius 1 is 1.12 bits per heavy atom. The Balaban J connectivity index is 1.74. The summed E-state index contributed by atoms with van der Waals surface area (Å²) in [6, 6.07) is 11.0. The zero-order valence-corrected chi connectivity index (χ0v) is 17.6. The van der Waals surface area contributed by atoms with Gasteiger partial charge in [-0.25, -0.2) is 4.79 Å². The fourth-order valence-electron chi connectivity index (χ4n) is 3.11. The third kappa shape index (κ3) is 5.72. The molecule has 3 N–H and O–H groups in total. The Labute approximate surface area is 184 Å². The molecule has 3 rings (SSSR count). The standard InChI is InChI=1S/C23H23N3O6/c1-14-6-8-16(9-7-14)32-17-5-3-4-15(12-17)18(13-20(28)29)24-23(31)25-21-19(27)10-11-26(2)22(21)30/h3-12,18,21H,13H2,1-2H3,(H,28,29)(H2,24,25,31). The van der Waals surface area contributed by atoms with Crippen LogP contribution in [0.4, 0.5) is 4.79 Å². The number of nitrogens with zero attached hydrogens (tertiary/aromatic N) is 1. The van der Waals surface area contributed by atoms with Crippen LogP contribution in [0, 0.1) is 6.92 Å². The summed E-state index contributed by atoms with van der Waals surface area (Å²) in [4.78, 5) is 49.2. The maximum atomic E-state index is 12.5. The molecule has 9 nitrogen and oxygen atoms in total. The number of carboxylic acid groups (broad SMARTS) is 1. The summed E-state index contributed by atoms with van der Waals surface area (Å²) in [5.41, 5.74) is 1.57. The van der Waals surface area contributed by atoms with Crippen molar-refractivity contribution >= 4 is 23.7 Å². The lowest BCUT2D eigenvalue weighted by Crippen LogP contribution is -2.55. The van der Waals surface area contributed by atoms with Gasteiger partial charge in [0.05, 0.1) is 12.5 Å². The zero-order chi connectivity index (χ0) is 23.3. The Morgan fingerprint density at radius 2 is 1.84 bits per heavy atom. The van der Waals surface area contributed by atoms with Crippen LogP contribution >= 0.6 is 0 Å². The van der Waals surface area contributed by atoms with Gasteiger partial charge in [0.2, 0.25) is 0 Å². The molecule has 2 unspecified atom stereocenters. The maximum absolute atomic E-state index is 12.5. The number of benzene rings is 2. The number of ketones is 1. The van der Waals surface area contributed by atoms with Crippen molar-refractivity contribution in [1.29, 1.82) is 0 Å². The first-order chi connectivity index (χ1) is 15.2. The highest BCUT2D eigenvalue weighted by Crippen LogP contribution is 2.26. The number of carbonyl (C=O) groups is 4. The average Bonchev–Trinajstić information content (AvgIpc) is 2.75. The molecule has 9 heteroatoms. The molecule has 0 aromatic heterocycles. The number of ether oxygens (including phenoxy) is 1. The van der Waals surface area contributed by atoms with Gasteiger partial charge >= 0.3 is 12.0 Å². The van der Waals surface area contributed by atoms with Gasteiger partial charge in [0.25, 0.3) is 5.91 Å². The minimum atomic E-state index is -1.37. The molecule has 0 radical (unpaired) electrons. The molecule has 2 aromatic carbocycles. The van der Waals surface area contributed by atoms with Gasteiger partial charge in [0.15, 0.2) is 11.8 Å². The number of aryl methyl sites for hydroxylation is 1. The normalized spacial score (nSPS) is 16.4. The van der Waals surface area contributed by atoms with Crippen LogP contribution in [0.3, 0.4) is 0 Å². The van der Waals surface area contributed by atoms with Crippen LogP contribution in [0.25, 0.3) is 0 Å². The molecule has 0 saturated heterocycles. The van der Waals surface area contributed by atoms with E-state index in [0.717, 1.165) is 5.56 Å². The Kier molecular flexibility index (Phi) is 6.89. The van der Waals surface area contributed by atoms with Crippen molar-refractivity contribution in [2.75, 3.05) is 7.05 Å². The molecule has 0 fully saturated rings. The second-order valence-corrected chi connectivity index (χ2v) is 7.36. The minimum Gasteiger partial charge on any atom is -0.481 e. The van der Waals surface area contributed by atoms with Gasteiger partial charge in [-0.05, 0) is 36.8 Å². The van der Waals surface area contributed by atoms with E-state index in [2.05, 4.69) is 10.6 Å². The number of carbonyl (C=O) groups excluding carboxylic acids is 3. The van der Waals surface area contributed by atoms with E-state index in [9.17, 15) is 24.3 Å². The molecule has 2 atom stereocenters. The second-order valence-electron chi connectivity index (χ2n) is 7.36. The fraction of sp³-hybridized carbons (Fsp3) is 0.217. The van der Waals surface area contributed by atoms with Crippen molar-refractivity contribution in [3.63, 3.8) is 0 Å². The molecule has 32 heavy (non-hydrogen) atoms. The van der Waals surface area contributed by atoms with Crippen molar-refractivity contribution in [3.8, 4) is 11.5 Å². The summed E-state index contributed by atoms with van der Waals surface area (Å²) < 4.78 is 5.82. The first kappa shape index (κ1) is 22.5. The van der Waals surface area contributed by atoms with E-state index >= 15 is 0 Å². The van der Waals surface area contributed by atoms with Gasteiger partial charge in [-0.1, -0.05) is 29.8 Å². The topological polar surface area (TPSA) is 125 Å². The van der Waals surface area contributed by atoms with Crippen LogP contribution in [-0.4, -0.2) is 46.8 Å². The molecular weight excluding hydrogens is 414 g/mol. The summed E-state index contributed by atoms with van der Waals surface area (Å²) in [5, 5.41) is 14.2. The second kappa shape index (κ2) is 9.78. The number of hydrogen-bond acceptors (Lipinski definition) is 5. The van der Waals surface area contributed by atoms with Crippen molar-refractivity contribution in [2.45, 2.75) is 25.4 Å². The van der Waals surface area contributed by atoms with E-state index < -0.39 is 42.2 Å². The van der Waals surface area contributed by atoms with Gasteiger partial charge < -0.3 is 25.4 Å².